The molecule has 0 aliphatic heterocycles. The summed E-state index contributed by atoms with van der Waals surface area (Å²) in [6, 6.07) is 0. The van der Waals surface area contributed by atoms with Crippen LogP contribution in [-0.2, 0) is 14.8 Å². The van der Waals surface area contributed by atoms with Gasteiger partial charge >= 0.3 is 6.09 Å². The average Bonchev–Trinajstić information content (AvgIpc) is 2.09. The Kier molecular flexibility index (Phi) is 5.91. The van der Waals surface area contributed by atoms with Gasteiger partial charge in [-0.2, -0.15) is 0 Å². The van der Waals surface area contributed by atoms with Gasteiger partial charge in [0.05, 0.1) is 5.25 Å². The predicted octanol–water partition coefficient (Wildman–Crippen LogP) is 0.839. The largest absolute Gasteiger partial charge is 0.444 e. The van der Waals surface area contributed by atoms with Gasteiger partial charge in [0, 0.05) is 13.1 Å². The monoisotopic (exact) mass is 266 g/mol. The van der Waals surface area contributed by atoms with E-state index in [1.54, 1.807) is 34.6 Å². The summed E-state index contributed by atoms with van der Waals surface area (Å²) in [4.78, 5) is 11.2. The second-order valence-corrected chi connectivity index (χ2v) is 7.24. The standard InChI is InChI=1S/C10H22N2O4S/c1-8(2)17(14,15)12-7-6-11-9(13)16-10(3,4)5/h8,12H,6-7H2,1-5H3,(H,11,13). The summed E-state index contributed by atoms with van der Waals surface area (Å²) in [5.74, 6) is 0. The van der Waals surface area contributed by atoms with E-state index in [1.807, 2.05) is 0 Å². The molecule has 7 heteroatoms. The number of rotatable bonds is 5. The predicted molar refractivity (Wildman–Crippen MR) is 66.3 cm³/mol. The van der Waals surface area contributed by atoms with E-state index < -0.39 is 27.0 Å². The maximum atomic E-state index is 11.3. The minimum Gasteiger partial charge on any atom is -0.444 e. The molecule has 1 amide bonds. The molecule has 0 bridgehead atoms. The number of carbonyl (C=O) groups excluding carboxylic acids is 1. The third kappa shape index (κ3) is 7.98. The number of alkyl carbamates (subject to hydrolysis) is 1. The topological polar surface area (TPSA) is 84.5 Å². The summed E-state index contributed by atoms with van der Waals surface area (Å²) in [6.07, 6.45) is -0.554. The van der Waals surface area contributed by atoms with E-state index in [0.717, 1.165) is 0 Å². The molecule has 0 aromatic heterocycles. The van der Waals surface area contributed by atoms with E-state index in [4.69, 9.17) is 4.74 Å². The van der Waals surface area contributed by atoms with Gasteiger partial charge in [0.25, 0.3) is 0 Å². The van der Waals surface area contributed by atoms with Crippen LogP contribution >= 0.6 is 0 Å². The Morgan fingerprint density at radius 2 is 1.76 bits per heavy atom. The van der Waals surface area contributed by atoms with E-state index in [-0.39, 0.29) is 13.1 Å². The lowest BCUT2D eigenvalue weighted by atomic mass is 10.2. The first-order chi connectivity index (χ1) is 7.54. The minimum atomic E-state index is -3.27. The lowest BCUT2D eigenvalue weighted by Crippen LogP contribution is -2.39. The highest BCUT2D eigenvalue weighted by Crippen LogP contribution is 2.05. The van der Waals surface area contributed by atoms with Gasteiger partial charge in [-0.15, -0.1) is 0 Å². The van der Waals surface area contributed by atoms with Crippen molar-refractivity contribution in [2.24, 2.45) is 0 Å². The minimum absolute atomic E-state index is 0.153. The summed E-state index contributed by atoms with van der Waals surface area (Å²) < 4.78 is 30.1. The highest BCUT2D eigenvalue weighted by Gasteiger charge is 2.17. The van der Waals surface area contributed by atoms with Crippen LogP contribution in [0.2, 0.25) is 0 Å². The van der Waals surface area contributed by atoms with Crippen LogP contribution in [0.15, 0.2) is 0 Å². The number of amides is 1. The summed E-state index contributed by atoms with van der Waals surface area (Å²) >= 11 is 0. The summed E-state index contributed by atoms with van der Waals surface area (Å²) in [5, 5.41) is 1.98. The fourth-order valence-electron chi connectivity index (χ4n) is 0.839. The van der Waals surface area contributed by atoms with E-state index in [9.17, 15) is 13.2 Å². The number of hydrogen-bond acceptors (Lipinski definition) is 4. The van der Waals surface area contributed by atoms with Crippen molar-refractivity contribution < 1.29 is 17.9 Å². The second kappa shape index (κ2) is 6.20. The maximum Gasteiger partial charge on any atom is 0.407 e. The molecule has 0 aliphatic rings. The Bertz CT molecular complexity index is 344. The van der Waals surface area contributed by atoms with Gasteiger partial charge in [0.15, 0.2) is 0 Å². The van der Waals surface area contributed by atoms with Crippen molar-refractivity contribution in [1.29, 1.82) is 0 Å². The quantitative estimate of drug-likeness (QED) is 0.722. The van der Waals surface area contributed by atoms with E-state index in [2.05, 4.69) is 10.0 Å². The van der Waals surface area contributed by atoms with Crippen molar-refractivity contribution in [3.63, 3.8) is 0 Å². The number of hydrogen-bond donors (Lipinski definition) is 2. The summed E-state index contributed by atoms with van der Waals surface area (Å²) in [7, 11) is -3.27. The molecule has 6 nitrogen and oxygen atoms in total. The zero-order chi connectivity index (χ0) is 13.7. The molecule has 2 N–H and O–H groups in total. The Hall–Kier alpha value is -0.820. The third-order valence-electron chi connectivity index (χ3n) is 1.72. The van der Waals surface area contributed by atoms with E-state index in [0.29, 0.717) is 0 Å². The van der Waals surface area contributed by atoms with E-state index in [1.165, 1.54) is 0 Å². The number of nitrogens with one attached hydrogen (secondary N) is 2. The third-order valence-corrected chi connectivity index (χ3v) is 3.56. The smallest absolute Gasteiger partial charge is 0.407 e. The Morgan fingerprint density at radius 1 is 1.24 bits per heavy atom. The van der Waals surface area contributed by atoms with Crippen molar-refractivity contribution in [2.75, 3.05) is 13.1 Å². The molecule has 0 radical (unpaired) electrons. The summed E-state index contributed by atoms with van der Waals surface area (Å²) in [5.41, 5.74) is -0.554. The Balaban J connectivity index is 3.84. The van der Waals surface area contributed by atoms with Crippen LogP contribution in [-0.4, -0.2) is 38.5 Å². The molecule has 0 heterocycles. The zero-order valence-electron chi connectivity index (χ0n) is 11.0. The normalized spacial score (nSPS) is 12.6. The molecule has 0 aliphatic carbocycles. The van der Waals surface area contributed by atoms with Crippen molar-refractivity contribution in [2.45, 2.75) is 45.5 Å². The SMILES string of the molecule is CC(C)S(=O)(=O)NCCNC(=O)OC(C)(C)C. The highest BCUT2D eigenvalue weighted by atomic mass is 32.2. The van der Waals surface area contributed by atoms with Crippen LogP contribution in [0.1, 0.15) is 34.6 Å². The molecule has 0 aromatic rings. The molecule has 0 aromatic carbocycles. The molecule has 0 atom stereocenters. The first-order valence-electron chi connectivity index (χ1n) is 5.50. The molecule has 102 valence electrons. The fraction of sp³-hybridized carbons (Fsp3) is 0.900. The van der Waals surface area contributed by atoms with Gasteiger partial charge < -0.3 is 10.1 Å². The van der Waals surface area contributed by atoms with Crippen molar-refractivity contribution >= 4 is 16.1 Å². The molecular weight excluding hydrogens is 244 g/mol. The summed E-state index contributed by atoms with van der Waals surface area (Å²) in [6.45, 7) is 8.80. The average molecular weight is 266 g/mol. The molecular formula is C10H22N2O4S. The second-order valence-electron chi connectivity index (χ2n) is 4.92. The molecule has 0 rings (SSSR count). The van der Waals surface area contributed by atoms with Crippen LogP contribution in [0.3, 0.4) is 0 Å². The molecule has 0 saturated heterocycles. The molecule has 0 spiro atoms. The van der Waals surface area contributed by atoms with Gasteiger partial charge in [-0.1, -0.05) is 0 Å². The fourth-order valence-corrected chi connectivity index (χ4v) is 1.56. The van der Waals surface area contributed by atoms with Crippen molar-refractivity contribution in [3.8, 4) is 0 Å². The maximum absolute atomic E-state index is 11.3. The van der Waals surface area contributed by atoms with Crippen molar-refractivity contribution in [1.82, 2.24) is 10.0 Å². The number of ether oxygens (including phenoxy) is 1. The van der Waals surface area contributed by atoms with Gasteiger partial charge in [0.2, 0.25) is 10.0 Å². The van der Waals surface area contributed by atoms with Crippen LogP contribution in [0.25, 0.3) is 0 Å². The first kappa shape index (κ1) is 16.2. The zero-order valence-corrected chi connectivity index (χ0v) is 11.8. The van der Waals surface area contributed by atoms with Crippen LogP contribution in [0.4, 0.5) is 4.79 Å². The van der Waals surface area contributed by atoms with Crippen LogP contribution < -0.4 is 10.0 Å². The lowest BCUT2D eigenvalue weighted by Gasteiger charge is -2.19. The van der Waals surface area contributed by atoms with Gasteiger partial charge in [-0.3, -0.25) is 0 Å². The van der Waals surface area contributed by atoms with Gasteiger partial charge in [0.1, 0.15) is 5.60 Å². The molecule has 0 fully saturated rings. The molecule has 0 saturated carbocycles. The van der Waals surface area contributed by atoms with Crippen LogP contribution in [0.5, 0.6) is 0 Å². The first-order valence-corrected chi connectivity index (χ1v) is 7.04. The Morgan fingerprint density at radius 3 is 2.18 bits per heavy atom. The van der Waals surface area contributed by atoms with Gasteiger partial charge in [-0.05, 0) is 34.6 Å². The lowest BCUT2D eigenvalue weighted by molar-refractivity contribution is 0.0529. The van der Waals surface area contributed by atoms with Crippen molar-refractivity contribution in [3.05, 3.63) is 0 Å². The number of sulfonamides is 1. The number of carbonyl (C=O) groups is 1. The Labute approximate surface area is 103 Å². The van der Waals surface area contributed by atoms with Crippen LogP contribution in [0, 0.1) is 0 Å². The molecule has 17 heavy (non-hydrogen) atoms. The highest BCUT2D eigenvalue weighted by molar-refractivity contribution is 7.90. The van der Waals surface area contributed by atoms with Gasteiger partial charge in [-0.25, -0.2) is 17.9 Å². The van der Waals surface area contributed by atoms with E-state index >= 15 is 0 Å². The molecule has 0 unspecified atom stereocenters.